The molecule has 2 nitrogen and oxygen atoms in total. The molecule has 1 N–H and O–H groups in total. The topological polar surface area (TPSA) is 29.1 Å². The van der Waals surface area contributed by atoms with Crippen molar-refractivity contribution in [3.8, 4) is 0 Å². The number of amides is 1. The normalized spacial score (nSPS) is 10.7. The lowest BCUT2D eigenvalue weighted by molar-refractivity contribution is -0.121. The number of nitrogens with one attached hydrogen (secondary N) is 1. The Morgan fingerprint density at radius 3 is 2.00 bits per heavy atom. The number of rotatable bonds is 14. The molecule has 0 fully saturated rings. The minimum atomic E-state index is 0.209. The van der Waals surface area contributed by atoms with Crippen LogP contribution in [0.2, 0.25) is 0 Å². The van der Waals surface area contributed by atoms with Crippen molar-refractivity contribution < 1.29 is 4.79 Å². The summed E-state index contributed by atoms with van der Waals surface area (Å²) in [6, 6.07) is 10.3. The number of carbonyl (C=O) groups is 1. The van der Waals surface area contributed by atoms with Gasteiger partial charge in [0.15, 0.2) is 0 Å². The highest BCUT2D eigenvalue weighted by molar-refractivity contribution is 5.75. The molecule has 1 rings (SSSR count). The Labute approximate surface area is 143 Å². The van der Waals surface area contributed by atoms with Gasteiger partial charge in [-0.3, -0.25) is 4.79 Å². The molecule has 1 aromatic rings. The van der Waals surface area contributed by atoms with Crippen molar-refractivity contribution in [2.45, 2.75) is 84.0 Å². The van der Waals surface area contributed by atoms with Crippen molar-refractivity contribution in [1.29, 1.82) is 0 Å². The summed E-state index contributed by atoms with van der Waals surface area (Å²) in [5, 5.41) is 3.02. The minimum Gasteiger partial charge on any atom is -0.356 e. The molecule has 0 saturated heterocycles. The van der Waals surface area contributed by atoms with Crippen molar-refractivity contribution in [3.63, 3.8) is 0 Å². The summed E-state index contributed by atoms with van der Waals surface area (Å²) in [7, 11) is 0. The second-order valence-electron chi connectivity index (χ2n) is 6.52. The van der Waals surface area contributed by atoms with Crippen molar-refractivity contribution in [2.75, 3.05) is 6.54 Å². The first-order valence-electron chi connectivity index (χ1n) is 9.63. The Morgan fingerprint density at radius 1 is 0.826 bits per heavy atom. The van der Waals surface area contributed by atoms with Gasteiger partial charge < -0.3 is 5.32 Å². The van der Waals surface area contributed by atoms with Gasteiger partial charge in [0.1, 0.15) is 0 Å². The zero-order valence-electron chi connectivity index (χ0n) is 15.0. The van der Waals surface area contributed by atoms with Gasteiger partial charge >= 0.3 is 0 Å². The van der Waals surface area contributed by atoms with E-state index in [0.29, 0.717) is 6.42 Å². The van der Waals surface area contributed by atoms with Crippen LogP contribution in [0.15, 0.2) is 30.3 Å². The van der Waals surface area contributed by atoms with Crippen LogP contribution < -0.4 is 5.32 Å². The smallest absolute Gasteiger partial charge is 0.220 e. The van der Waals surface area contributed by atoms with E-state index in [2.05, 4.69) is 24.4 Å². The van der Waals surface area contributed by atoms with Crippen LogP contribution in [0.1, 0.15) is 83.1 Å². The van der Waals surface area contributed by atoms with Gasteiger partial charge in [0, 0.05) is 13.0 Å². The molecule has 1 amide bonds. The second kappa shape index (κ2) is 14.3. The van der Waals surface area contributed by atoms with Gasteiger partial charge in [-0.2, -0.15) is 0 Å². The molecule has 1 aromatic carbocycles. The van der Waals surface area contributed by atoms with Crippen LogP contribution in [0.4, 0.5) is 0 Å². The highest BCUT2D eigenvalue weighted by atomic mass is 16.1. The molecule has 0 bridgehead atoms. The fourth-order valence-electron chi connectivity index (χ4n) is 2.85. The Morgan fingerprint density at radius 2 is 1.39 bits per heavy atom. The fraction of sp³-hybridized carbons (Fsp3) is 0.667. The fourth-order valence-corrected chi connectivity index (χ4v) is 2.85. The van der Waals surface area contributed by atoms with Crippen molar-refractivity contribution in [2.24, 2.45) is 0 Å². The summed E-state index contributed by atoms with van der Waals surface area (Å²) in [6.45, 7) is 3.01. The molecule has 0 aliphatic heterocycles. The standard InChI is InChI=1S/C21H35NO/c1-2-3-4-5-6-7-8-9-10-14-17-21(23)22-19-18-20-15-12-11-13-16-20/h11-13,15-16H,2-10,14,17-19H2,1H3,(H,22,23). The summed E-state index contributed by atoms with van der Waals surface area (Å²) in [6.07, 6.45) is 14.7. The maximum Gasteiger partial charge on any atom is 0.220 e. The van der Waals surface area contributed by atoms with E-state index in [1.807, 2.05) is 18.2 Å². The van der Waals surface area contributed by atoms with E-state index in [0.717, 1.165) is 19.4 Å². The van der Waals surface area contributed by atoms with Crippen molar-refractivity contribution >= 4 is 5.91 Å². The van der Waals surface area contributed by atoms with Crippen LogP contribution in [0.5, 0.6) is 0 Å². The van der Waals surface area contributed by atoms with E-state index in [9.17, 15) is 4.79 Å². The zero-order chi connectivity index (χ0) is 16.6. The zero-order valence-corrected chi connectivity index (χ0v) is 15.0. The maximum atomic E-state index is 11.8. The highest BCUT2D eigenvalue weighted by Crippen LogP contribution is 2.11. The monoisotopic (exact) mass is 317 g/mol. The number of hydrogen-bond donors (Lipinski definition) is 1. The van der Waals surface area contributed by atoms with Gasteiger partial charge in [-0.25, -0.2) is 0 Å². The first kappa shape index (κ1) is 19.7. The predicted molar refractivity (Wildman–Crippen MR) is 99.6 cm³/mol. The lowest BCUT2D eigenvalue weighted by Gasteiger charge is -2.05. The second-order valence-corrected chi connectivity index (χ2v) is 6.52. The highest BCUT2D eigenvalue weighted by Gasteiger charge is 2.01. The van der Waals surface area contributed by atoms with Gasteiger partial charge in [-0.1, -0.05) is 95.0 Å². The molecule has 0 atom stereocenters. The predicted octanol–water partition coefficient (Wildman–Crippen LogP) is 5.66. The summed E-state index contributed by atoms with van der Waals surface area (Å²) in [5.74, 6) is 0.209. The number of hydrogen-bond acceptors (Lipinski definition) is 1. The van der Waals surface area contributed by atoms with Gasteiger partial charge in [0.05, 0.1) is 0 Å². The molecular formula is C21H35NO. The first-order chi connectivity index (χ1) is 11.3. The molecular weight excluding hydrogens is 282 g/mol. The third-order valence-corrected chi connectivity index (χ3v) is 4.34. The van der Waals surface area contributed by atoms with Crippen LogP contribution in [-0.4, -0.2) is 12.5 Å². The van der Waals surface area contributed by atoms with Crippen LogP contribution in [0.25, 0.3) is 0 Å². The van der Waals surface area contributed by atoms with Crippen molar-refractivity contribution in [3.05, 3.63) is 35.9 Å². The Balaban J connectivity index is 1.85. The van der Waals surface area contributed by atoms with E-state index >= 15 is 0 Å². The van der Waals surface area contributed by atoms with E-state index in [1.54, 1.807) is 0 Å². The number of carbonyl (C=O) groups excluding carboxylic acids is 1. The van der Waals surface area contributed by atoms with Gasteiger partial charge in [0.2, 0.25) is 5.91 Å². The molecule has 0 aromatic heterocycles. The minimum absolute atomic E-state index is 0.209. The SMILES string of the molecule is CCCCCCCCCCCCC(=O)NCCc1ccccc1. The molecule has 0 radical (unpaired) electrons. The molecule has 0 saturated carbocycles. The lowest BCUT2D eigenvalue weighted by Crippen LogP contribution is -2.25. The molecule has 0 aliphatic rings. The summed E-state index contributed by atoms with van der Waals surface area (Å²) >= 11 is 0. The third kappa shape index (κ3) is 11.9. The summed E-state index contributed by atoms with van der Waals surface area (Å²) in [4.78, 5) is 11.8. The maximum absolute atomic E-state index is 11.8. The average molecular weight is 318 g/mol. The van der Waals surface area contributed by atoms with E-state index in [1.165, 1.54) is 63.4 Å². The van der Waals surface area contributed by atoms with E-state index in [4.69, 9.17) is 0 Å². The average Bonchev–Trinajstić information content (AvgIpc) is 2.57. The van der Waals surface area contributed by atoms with Gasteiger partial charge in [-0.05, 0) is 18.4 Å². The third-order valence-electron chi connectivity index (χ3n) is 4.34. The Hall–Kier alpha value is -1.31. The molecule has 2 heteroatoms. The summed E-state index contributed by atoms with van der Waals surface area (Å²) in [5.41, 5.74) is 1.28. The first-order valence-corrected chi connectivity index (χ1v) is 9.63. The van der Waals surface area contributed by atoms with Crippen LogP contribution in [-0.2, 0) is 11.2 Å². The van der Waals surface area contributed by atoms with Crippen LogP contribution in [0.3, 0.4) is 0 Å². The van der Waals surface area contributed by atoms with Gasteiger partial charge in [0.25, 0.3) is 0 Å². The van der Waals surface area contributed by atoms with Crippen LogP contribution >= 0.6 is 0 Å². The summed E-state index contributed by atoms with van der Waals surface area (Å²) < 4.78 is 0. The number of unbranched alkanes of at least 4 members (excludes halogenated alkanes) is 9. The molecule has 0 spiro atoms. The van der Waals surface area contributed by atoms with Crippen molar-refractivity contribution in [1.82, 2.24) is 5.32 Å². The quantitative estimate of drug-likeness (QED) is 0.441. The largest absolute Gasteiger partial charge is 0.356 e. The van der Waals surface area contributed by atoms with E-state index < -0.39 is 0 Å². The molecule has 130 valence electrons. The lowest BCUT2D eigenvalue weighted by atomic mass is 10.1. The molecule has 0 unspecified atom stereocenters. The number of benzene rings is 1. The Kier molecular flexibility index (Phi) is 12.3. The molecule has 23 heavy (non-hydrogen) atoms. The van der Waals surface area contributed by atoms with Gasteiger partial charge in [-0.15, -0.1) is 0 Å². The molecule has 0 aliphatic carbocycles. The van der Waals surface area contributed by atoms with Crippen LogP contribution in [0, 0.1) is 0 Å². The Bertz CT molecular complexity index is 388. The van der Waals surface area contributed by atoms with E-state index in [-0.39, 0.29) is 5.91 Å². The molecule has 0 heterocycles.